The van der Waals surface area contributed by atoms with Crippen molar-refractivity contribution in [3.8, 4) is 17.2 Å². The summed E-state index contributed by atoms with van der Waals surface area (Å²) in [6, 6.07) is 18.6. The van der Waals surface area contributed by atoms with E-state index in [4.69, 9.17) is 9.47 Å². The zero-order valence-corrected chi connectivity index (χ0v) is 17.1. The highest BCUT2D eigenvalue weighted by molar-refractivity contribution is 5.86. The third kappa shape index (κ3) is 3.59. The normalized spacial score (nSPS) is 11.8. The lowest BCUT2D eigenvalue weighted by atomic mass is 9.95. The number of aromatic hydroxyl groups is 1. The molecule has 0 aliphatic heterocycles. The molecule has 4 rings (SSSR count). The maximum absolute atomic E-state index is 11.2. The van der Waals surface area contributed by atoms with Crippen molar-refractivity contribution in [2.75, 3.05) is 19.5 Å². The number of hydrogen-bond acceptors (Lipinski definition) is 6. The van der Waals surface area contributed by atoms with Crippen molar-refractivity contribution in [1.82, 2.24) is 9.97 Å². The molecule has 6 heteroatoms. The summed E-state index contributed by atoms with van der Waals surface area (Å²) in [6.45, 7) is 1.90. The Morgan fingerprint density at radius 3 is 2.47 bits per heavy atom. The maximum atomic E-state index is 11.2. The van der Waals surface area contributed by atoms with Gasteiger partial charge in [0.1, 0.15) is 17.1 Å². The molecule has 0 unspecified atom stereocenters. The average molecular weight is 401 g/mol. The van der Waals surface area contributed by atoms with Crippen LogP contribution in [0.2, 0.25) is 0 Å². The molecular formula is C24H23N3O3. The fraction of sp³-hybridized carbons (Fsp3) is 0.167. The highest BCUT2D eigenvalue weighted by atomic mass is 16.5. The number of methoxy groups -OCH3 is 2. The Morgan fingerprint density at radius 2 is 1.73 bits per heavy atom. The van der Waals surface area contributed by atoms with Crippen LogP contribution in [0.4, 0.5) is 5.82 Å². The molecule has 0 radical (unpaired) electrons. The second-order valence-corrected chi connectivity index (χ2v) is 6.90. The van der Waals surface area contributed by atoms with Gasteiger partial charge in [0, 0.05) is 28.4 Å². The Bertz CT molecular complexity index is 1180. The van der Waals surface area contributed by atoms with Crippen LogP contribution in [0, 0.1) is 6.92 Å². The van der Waals surface area contributed by atoms with E-state index in [0.29, 0.717) is 28.4 Å². The molecule has 2 N–H and O–H groups in total. The van der Waals surface area contributed by atoms with E-state index in [2.05, 4.69) is 15.3 Å². The second kappa shape index (κ2) is 8.29. The molecule has 152 valence electrons. The summed E-state index contributed by atoms with van der Waals surface area (Å²) in [5.74, 6) is 1.99. The molecule has 30 heavy (non-hydrogen) atoms. The first kappa shape index (κ1) is 19.5. The lowest BCUT2D eigenvalue weighted by Crippen LogP contribution is -2.15. The standard InChI is InChI=1S/C24H23N3O3/c1-15-10-11-16-12-13-17(23(28)21(16)26-15)22(27-20-9-4-5-14-25-20)18-7-6-8-19(29-2)24(18)30-3/h4-14,22,28H,1-3H3,(H,25,27)/t22-/m0/s1. The molecule has 0 saturated carbocycles. The molecule has 0 fully saturated rings. The molecule has 0 bridgehead atoms. The lowest BCUT2D eigenvalue weighted by molar-refractivity contribution is 0.351. The van der Waals surface area contributed by atoms with Gasteiger partial charge in [0.25, 0.3) is 0 Å². The Balaban J connectivity index is 1.93. The predicted octanol–water partition coefficient (Wildman–Crippen LogP) is 4.86. The van der Waals surface area contributed by atoms with Gasteiger partial charge in [0.15, 0.2) is 11.5 Å². The van der Waals surface area contributed by atoms with Crippen LogP contribution in [0.5, 0.6) is 17.2 Å². The number of aromatic nitrogens is 2. The Hall–Kier alpha value is -3.80. The van der Waals surface area contributed by atoms with Crippen molar-refractivity contribution in [3.63, 3.8) is 0 Å². The Kier molecular flexibility index (Phi) is 5.39. The number of pyridine rings is 2. The van der Waals surface area contributed by atoms with Crippen molar-refractivity contribution in [2.24, 2.45) is 0 Å². The highest BCUT2D eigenvalue weighted by Gasteiger charge is 2.25. The van der Waals surface area contributed by atoms with E-state index in [0.717, 1.165) is 16.6 Å². The number of para-hydroxylation sites is 1. The van der Waals surface area contributed by atoms with Gasteiger partial charge in [-0.15, -0.1) is 0 Å². The highest BCUT2D eigenvalue weighted by Crippen LogP contribution is 2.42. The second-order valence-electron chi connectivity index (χ2n) is 6.90. The molecule has 2 aromatic carbocycles. The SMILES string of the molecule is COc1cccc([C@@H](Nc2ccccn2)c2ccc3ccc(C)nc3c2O)c1OC. The Labute approximate surface area is 175 Å². The van der Waals surface area contributed by atoms with Gasteiger partial charge in [0.2, 0.25) is 0 Å². The summed E-state index contributed by atoms with van der Waals surface area (Å²) < 4.78 is 11.2. The molecule has 0 aliphatic rings. The van der Waals surface area contributed by atoms with E-state index in [-0.39, 0.29) is 5.75 Å². The molecule has 1 atom stereocenters. The van der Waals surface area contributed by atoms with Crippen LogP contribution >= 0.6 is 0 Å². The van der Waals surface area contributed by atoms with Crippen LogP contribution in [-0.4, -0.2) is 29.3 Å². The van der Waals surface area contributed by atoms with Crippen molar-refractivity contribution in [1.29, 1.82) is 0 Å². The largest absolute Gasteiger partial charge is 0.505 e. The van der Waals surface area contributed by atoms with Gasteiger partial charge >= 0.3 is 0 Å². The number of fused-ring (bicyclic) bond motifs is 1. The summed E-state index contributed by atoms with van der Waals surface area (Å²) in [4.78, 5) is 8.94. The van der Waals surface area contributed by atoms with Crippen LogP contribution in [0.25, 0.3) is 10.9 Å². The first-order valence-corrected chi connectivity index (χ1v) is 9.60. The van der Waals surface area contributed by atoms with Crippen LogP contribution in [0.3, 0.4) is 0 Å². The summed E-state index contributed by atoms with van der Waals surface area (Å²) in [5, 5.41) is 15.5. The van der Waals surface area contributed by atoms with Crippen molar-refractivity contribution in [2.45, 2.75) is 13.0 Å². The summed E-state index contributed by atoms with van der Waals surface area (Å²) in [6.07, 6.45) is 1.72. The summed E-state index contributed by atoms with van der Waals surface area (Å²) in [7, 11) is 3.20. The fourth-order valence-electron chi connectivity index (χ4n) is 3.58. The molecule has 2 aromatic heterocycles. The molecular weight excluding hydrogens is 378 g/mol. The van der Waals surface area contributed by atoms with E-state index in [1.165, 1.54) is 0 Å². The Morgan fingerprint density at radius 1 is 0.900 bits per heavy atom. The van der Waals surface area contributed by atoms with Gasteiger partial charge in [-0.2, -0.15) is 0 Å². The topological polar surface area (TPSA) is 76.5 Å². The molecule has 2 heterocycles. The van der Waals surface area contributed by atoms with Crippen molar-refractivity contribution in [3.05, 3.63) is 83.7 Å². The zero-order valence-electron chi connectivity index (χ0n) is 17.1. The first-order valence-electron chi connectivity index (χ1n) is 9.60. The number of aryl methyl sites for hydroxylation is 1. The molecule has 0 spiro atoms. The van der Waals surface area contributed by atoms with Gasteiger partial charge < -0.3 is 19.9 Å². The quantitative estimate of drug-likeness (QED) is 0.480. The van der Waals surface area contributed by atoms with Gasteiger partial charge in [-0.05, 0) is 31.2 Å². The minimum atomic E-state index is -0.448. The number of benzene rings is 2. The minimum absolute atomic E-state index is 0.120. The van der Waals surface area contributed by atoms with Crippen LogP contribution in [-0.2, 0) is 0 Å². The van der Waals surface area contributed by atoms with E-state index in [9.17, 15) is 5.11 Å². The maximum Gasteiger partial charge on any atom is 0.166 e. The predicted molar refractivity (Wildman–Crippen MR) is 117 cm³/mol. The monoisotopic (exact) mass is 401 g/mol. The third-order valence-corrected chi connectivity index (χ3v) is 5.02. The van der Waals surface area contributed by atoms with E-state index >= 15 is 0 Å². The van der Waals surface area contributed by atoms with Crippen LogP contribution in [0.1, 0.15) is 22.9 Å². The number of phenols is 1. The lowest BCUT2D eigenvalue weighted by Gasteiger charge is -2.24. The minimum Gasteiger partial charge on any atom is -0.505 e. The number of ether oxygens (including phenoxy) is 2. The van der Waals surface area contributed by atoms with E-state index in [1.807, 2.05) is 67.6 Å². The number of anilines is 1. The number of nitrogens with one attached hydrogen (secondary N) is 1. The average Bonchev–Trinajstić information content (AvgIpc) is 2.78. The zero-order chi connectivity index (χ0) is 21.1. The molecule has 6 nitrogen and oxygen atoms in total. The van der Waals surface area contributed by atoms with Gasteiger partial charge in [0.05, 0.1) is 20.3 Å². The van der Waals surface area contributed by atoms with E-state index < -0.39 is 6.04 Å². The van der Waals surface area contributed by atoms with Gasteiger partial charge in [-0.1, -0.05) is 36.4 Å². The molecule has 0 saturated heterocycles. The number of nitrogens with zero attached hydrogens (tertiary/aromatic N) is 2. The van der Waals surface area contributed by atoms with Crippen molar-refractivity contribution < 1.29 is 14.6 Å². The molecule has 4 aromatic rings. The van der Waals surface area contributed by atoms with Crippen molar-refractivity contribution >= 4 is 16.7 Å². The third-order valence-electron chi connectivity index (χ3n) is 5.02. The summed E-state index contributed by atoms with van der Waals surface area (Å²) in [5.41, 5.74) is 2.87. The van der Waals surface area contributed by atoms with Gasteiger partial charge in [-0.25, -0.2) is 9.97 Å². The number of hydrogen-bond donors (Lipinski definition) is 2. The smallest absolute Gasteiger partial charge is 0.166 e. The molecule has 0 amide bonds. The fourth-order valence-corrected chi connectivity index (χ4v) is 3.58. The number of phenolic OH excluding ortho intramolecular Hbond substituents is 1. The molecule has 0 aliphatic carbocycles. The first-order chi connectivity index (χ1) is 14.6. The van der Waals surface area contributed by atoms with Crippen LogP contribution in [0.15, 0.2) is 66.9 Å². The van der Waals surface area contributed by atoms with Crippen LogP contribution < -0.4 is 14.8 Å². The summed E-state index contributed by atoms with van der Waals surface area (Å²) >= 11 is 0. The van der Waals surface area contributed by atoms with E-state index in [1.54, 1.807) is 20.4 Å². The number of rotatable bonds is 6. The van der Waals surface area contributed by atoms with Gasteiger partial charge in [-0.3, -0.25) is 0 Å².